The lowest BCUT2D eigenvalue weighted by Crippen LogP contribution is -2.07. The fourth-order valence-corrected chi connectivity index (χ4v) is 3.18. The first kappa shape index (κ1) is 23.3. The van der Waals surface area contributed by atoms with Crippen LogP contribution in [0.3, 0.4) is 0 Å². The molecule has 2 heterocycles. The maximum atomic E-state index is 12.4. The molecule has 0 fully saturated rings. The van der Waals surface area contributed by atoms with Gasteiger partial charge in [0.25, 0.3) is 0 Å². The van der Waals surface area contributed by atoms with Gasteiger partial charge in [-0.1, -0.05) is 0 Å². The van der Waals surface area contributed by atoms with Crippen LogP contribution in [0.2, 0.25) is 0 Å². The van der Waals surface area contributed by atoms with Crippen molar-refractivity contribution < 1.29 is 23.7 Å². The van der Waals surface area contributed by atoms with E-state index in [0.717, 1.165) is 5.56 Å². The maximum Gasteiger partial charge on any atom is 0.248 e. The minimum atomic E-state index is -0.298. The molecule has 0 bridgehead atoms. The third-order valence-electron chi connectivity index (χ3n) is 4.85. The maximum absolute atomic E-state index is 12.4. The molecular formula is C25H23N5O5. The minimum absolute atomic E-state index is 0.298. The molecule has 0 aliphatic heterocycles. The van der Waals surface area contributed by atoms with Crippen LogP contribution in [-0.4, -0.2) is 47.0 Å². The van der Waals surface area contributed by atoms with E-state index in [-0.39, 0.29) is 5.91 Å². The lowest BCUT2D eigenvalue weighted by Gasteiger charge is -2.12. The smallest absolute Gasteiger partial charge is 0.248 e. The van der Waals surface area contributed by atoms with Crippen LogP contribution in [0.5, 0.6) is 28.9 Å². The van der Waals surface area contributed by atoms with Gasteiger partial charge in [0.05, 0.1) is 21.3 Å². The zero-order valence-corrected chi connectivity index (χ0v) is 19.3. The van der Waals surface area contributed by atoms with Crippen molar-refractivity contribution in [3.8, 4) is 34.7 Å². The van der Waals surface area contributed by atoms with E-state index in [1.807, 2.05) is 0 Å². The summed E-state index contributed by atoms with van der Waals surface area (Å²) in [5.74, 6) is 2.73. The van der Waals surface area contributed by atoms with Crippen LogP contribution in [0.25, 0.3) is 11.9 Å². The Morgan fingerprint density at radius 2 is 1.69 bits per heavy atom. The van der Waals surface area contributed by atoms with Gasteiger partial charge in [0.15, 0.2) is 17.3 Å². The first-order valence-corrected chi connectivity index (χ1v) is 10.5. The molecule has 2 aromatic heterocycles. The molecule has 178 valence electrons. The van der Waals surface area contributed by atoms with Gasteiger partial charge in [0.2, 0.25) is 17.5 Å². The molecule has 10 nitrogen and oxygen atoms in total. The number of benzene rings is 2. The monoisotopic (exact) mass is 473 g/mol. The van der Waals surface area contributed by atoms with Crippen molar-refractivity contribution in [2.75, 3.05) is 26.6 Å². The Hall–Kier alpha value is -4.86. The largest absolute Gasteiger partial charge is 0.493 e. The molecule has 4 rings (SSSR count). The summed E-state index contributed by atoms with van der Waals surface area (Å²) in [6.07, 6.45) is 8.15. The Kier molecular flexibility index (Phi) is 7.22. The molecular weight excluding hydrogens is 450 g/mol. The summed E-state index contributed by atoms with van der Waals surface area (Å²) >= 11 is 0. The van der Waals surface area contributed by atoms with Crippen LogP contribution >= 0.6 is 0 Å². The molecule has 2 aromatic carbocycles. The summed E-state index contributed by atoms with van der Waals surface area (Å²) in [7, 11) is 4.60. The fourth-order valence-electron chi connectivity index (χ4n) is 3.18. The highest BCUT2D eigenvalue weighted by molar-refractivity contribution is 6.02. The first-order chi connectivity index (χ1) is 17.1. The van der Waals surface area contributed by atoms with Crippen molar-refractivity contribution in [1.82, 2.24) is 19.7 Å². The molecule has 0 aliphatic carbocycles. The van der Waals surface area contributed by atoms with Crippen molar-refractivity contribution in [1.29, 1.82) is 0 Å². The number of carbonyl (C=O) groups is 1. The number of nitrogens with one attached hydrogen (secondary N) is 1. The predicted molar refractivity (Wildman–Crippen MR) is 129 cm³/mol. The number of hydrogen-bond acceptors (Lipinski definition) is 8. The fraction of sp³-hybridized carbons (Fsp3) is 0.120. The number of rotatable bonds is 9. The van der Waals surface area contributed by atoms with Gasteiger partial charge in [0.1, 0.15) is 12.1 Å². The summed E-state index contributed by atoms with van der Waals surface area (Å²) in [6, 6.07) is 13.9. The number of anilines is 1. The normalized spacial score (nSPS) is 10.7. The van der Waals surface area contributed by atoms with Gasteiger partial charge in [-0.05, 0) is 54.1 Å². The van der Waals surface area contributed by atoms with Gasteiger partial charge in [0, 0.05) is 30.2 Å². The van der Waals surface area contributed by atoms with Gasteiger partial charge in [-0.15, -0.1) is 10.2 Å². The highest BCUT2D eigenvalue weighted by Gasteiger charge is 2.12. The van der Waals surface area contributed by atoms with Gasteiger partial charge in [-0.2, -0.15) is 0 Å². The van der Waals surface area contributed by atoms with Crippen LogP contribution in [0, 0.1) is 0 Å². The number of amides is 1. The molecule has 1 N–H and O–H groups in total. The second-order valence-electron chi connectivity index (χ2n) is 7.11. The van der Waals surface area contributed by atoms with Crippen molar-refractivity contribution in [3.05, 3.63) is 78.9 Å². The zero-order chi connectivity index (χ0) is 24.6. The second-order valence-corrected chi connectivity index (χ2v) is 7.11. The summed E-state index contributed by atoms with van der Waals surface area (Å²) < 4.78 is 23.4. The van der Waals surface area contributed by atoms with E-state index in [1.165, 1.54) is 27.4 Å². The molecule has 0 aliphatic rings. The van der Waals surface area contributed by atoms with E-state index in [0.29, 0.717) is 40.4 Å². The predicted octanol–water partition coefficient (Wildman–Crippen LogP) is 4.13. The molecule has 0 unspecified atom stereocenters. The number of carbonyl (C=O) groups excluding carboxylic acids is 1. The molecule has 0 atom stereocenters. The first-order valence-electron chi connectivity index (χ1n) is 10.5. The van der Waals surface area contributed by atoms with Crippen LogP contribution in [0.15, 0.2) is 73.3 Å². The van der Waals surface area contributed by atoms with E-state index in [1.54, 1.807) is 77.9 Å². The SMILES string of the molecule is COc1cc(/C=C/C(=O)Nc2ccc(Oc3ccc(-n4ccnc4)nn3)cc2)cc(OC)c1OC. The van der Waals surface area contributed by atoms with Crippen molar-refractivity contribution in [2.45, 2.75) is 0 Å². The molecule has 0 spiro atoms. The molecule has 35 heavy (non-hydrogen) atoms. The topological polar surface area (TPSA) is 110 Å². The average Bonchev–Trinajstić information content (AvgIpc) is 3.43. The molecule has 10 heteroatoms. The van der Waals surface area contributed by atoms with E-state index in [4.69, 9.17) is 18.9 Å². The van der Waals surface area contributed by atoms with Crippen molar-refractivity contribution >= 4 is 17.7 Å². The Morgan fingerprint density at radius 3 is 2.26 bits per heavy atom. The Balaban J connectivity index is 1.36. The summed E-state index contributed by atoms with van der Waals surface area (Å²) in [5, 5.41) is 11.0. The quantitative estimate of drug-likeness (QED) is 0.361. The van der Waals surface area contributed by atoms with E-state index in [2.05, 4.69) is 20.5 Å². The third-order valence-corrected chi connectivity index (χ3v) is 4.85. The number of methoxy groups -OCH3 is 3. The number of ether oxygens (including phenoxy) is 4. The summed E-state index contributed by atoms with van der Waals surface area (Å²) in [5.41, 5.74) is 1.33. The Morgan fingerprint density at radius 1 is 0.943 bits per heavy atom. The number of hydrogen-bond donors (Lipinski definition) is 1. The van der Waals surface area contributed by atoms with Crippen molar-refractivity contribution in [3.63, 3.8) is 0 Å². The van der Waals surface area contributed by atoms with Gasteiger partial charge in [-0.3, -0.25) is 9.36 Å². The minimum Gasteiger partial charge on any atom is -0.493 e. The lowest BCUT2D eigenvalue weighted by atomic mass is 10.1. The standard InChI is InChI=1S/C25H23N5O5/c1-32-20-14-17(15-21(33-2)25(20)34-3)4-10-23(31)27-18-5-7-19(8-6-18)35-24-11-9-22(28-29-24)30-13-12-26-16-30/h4-16H,1-3H3,(H,27,31)/b10-4+. The van der Waals surface area contributed by atoms with E-state index >= 15 is 0 Å². The molecule has 1 amide bonds. The van der Waals surface area contributed by atoms with Gasteiger partial charge in [-0.25, -0.2) is 4.98 Å². The average molecular weight is 473 g/mol. The van der Waals surface area contributed by atoms with E-state index < -0.39 is 0 Å². The highest BCUT2D eigenvalue weighted by Crippen LogP contribution is 2.38. The van der Waals surface area contributed by atoms with Gasteiger partial charge >= 0.3 is 0 Å². The number of aromatic nitrogens is 4. The zero-order valence-electron chi connectivity index (χ0n) is 19.3. The molecule has 0 saturated heterocycles. The second kappa shape index (κ2) is 10.8. The highest BCUT2D eigenvalue weighted by atomic mass is 16.5. The van der Waals surface area contributed by atoms with Crippen LogP contribution in [0.4, 0.5) is 5.69 Å². The summed E-state index contributed by atoms with van der Waals surface area (Å²) in [4.78, 5) is 16.4. The van der Waals surface area contributed by atoms with Crippen LogP contribution < -0.4 is 24.3 Å². The molecule has 0 radical (unpaired) electrons. The van der Waals surface area contributed by atoms with E-state index in [9.17, 15) is 4.79 Å². The Labute approximate surface area is 201 Å². The van der Waals surface area contributed by atoms with Crippen LogP contribution in [-0.2, 0) is 4.79 Å². The summed E-state index contributed by atoms with van der Waals surface area (Å²) in [6.45, 7) is 0. The lowest BCUT2D eigenvalue weighted by molar-refractivity contribution is -0.111. The Bertz CT molecular complexity index is 1280. The van der Waals surface area contributed by atoms with Crippen molar-refractivity contribution in [2.24, 2.45) is 0 Å². The van der Waals surface area contributed by atoms with Crippen LogP contribution in [0.1, 0.15) is 5.56 Å². The number of imidazole rings is 1. The number of nitrogens with zero attached hydrogens (tertiary/aromatic N) is 4. The van der Waals surface area contributed by atoms with Gasteiger partial charge < -0.3 is 24.3 Å². The molecule has 0 saturated carbocycles. The third kappa shape index (κ3) is 5.74. The molecule has 4 aromatic rings.